The summed E-state index contributed by atoms with van der Waals surface area (Å²) in [5, 5.41) is 0. The van der Waals surface area contributed by atoms with Crippen molar-refractivity contribution in [3.05, 3.63) is 108 Å². The average molecular weight is 431 g/mol. The molecular weight excluding hydrogens is 400 g/mol. The first-order valence-corrected chi connectivity index (χ1v) is 11.2. The predicted molar refractivity (Wildman–Crippen MR) is 125 cm³/mol. The topological polar surface area (TPSA) is 52.6 Å². The summed E-state index contributed by atoms with van der Waals surface area (Å²) in [6.45, 7) is 4.04. The molecule has 0 N–H and O–H groups in total. The van der Waals surface area contributed by atoms with Gasteiger partial charge in [0.25, 0.3) is 0 Å². The molecule has 0 fully saturated rings. The molecule has 3 aromatic carbocycles. The van der Waals surface area contributed by atoms with Gasteiger partial charge >= 0.3 is 11.9 Å². The molecular formula is C28H30O4. The van der Waals surface area contributed by atoms with Crippen LogP contribution in [0.25, 0.3) is 0 Å². The molecule has 4 nitrogen and oxygen atoms in total. The van der Waals surface area contributed by atoms with Gasteiger partial charge in [-0.25, -0.2) is 9.59 Å². The Morgan fingerprint density at radius 3 is 1.75 bits per heavy atom. The molecule has 0 aliphatic rings. The molecule has 2 unspecified atom stereocenters. The minimum Gasteiger partial charge on any atom is -0.459 e. The standard InChI is InChI=1S/C28H30O4/c1-3-14-25(31-26(29)22-15-8-5-9-16-22)21-28(4-2,24-19-12-7-13-20-24)32-27(30)23-17-10-6-11-18-23/h5-13,15-20,25H,3-4,14,21H2,1-2H3. The van der Waals surface area contributed by atoms with Crippen LogP contribution in [-0.2, 0) is 15.1 Å². The van der Waals surface area contributed by atoms with Crippen molar-refractivity contribution in [1.29, 1.82) is 0 Å². The highest BCUT2D eigenvalue weighted by Crippen LogP contribution is 2.37. The van der Waals surface area contributed by atoms with Gasteiger partial charge in [-0.05, 0) is 42.7 Å². The van der Waals surface area contributed by atoms with Crippen molar-refractivity contribution in [3.8, 4) is 0 Å². The first kappa shape index (κ1) is 23.3. The maximum atomic E-state index is 13.0. The Labute approximate surface area is 190 Å². The molecule has 0 radical (unpaired) electrons. The van der Waals surface area contributed by atoms with Gasteiger partial charge in [0.2, 0.25) is 0 Å². The lowest BCUT2D eigenvalue weighted by atomic mass is 9.84. The molecule has 0 bridgehead atoms. The number of carbonyl (C=O) groups excluding carboxylic acids is 2. The molecule has 0 aromatic heterocycles. The fourth-order valence-corrected chi connectivity index (χ4v) is 3.88. The number of carbonyl (C=O) groups is 2. The van der Waals surface area contributed by atoms with Gasteiger partial charge in [0, 0.05) is 6.42 Å². The lowest BCUT2D eigenvalue weighted by Crippen LogP contribution is -2.37. The Bertz CT molecular complexity index is 986. The van der Waals surface area contributed by atoms with Crippen LogP contribution in [0.15, 0.2) is 91.0 Å². The van der Waals surface area contributed by atoms with Crippen molar-refractivity contribution >= 4 is 11.9 Å². The summed E-state index contributed by atoms with van der Waals surface area (Å²) in [6, 6.07) is 27.7. The van der Waals surface area contributed by atoms with E-state index in [1.54, 1.807) is 24.3 Å². The van der Waals surface area contributed by atoms with Crippen LogP contribution in [0.4, 0.5) is 0 Å². The number of rotatable bonds is 10. The Morgan fingerprint density at radius 2 is 1.25 bits per heavy atom. The fourth-order valence-electron chi connectivity index (χ4n) is 3.88. The number of benzene rings is 3. The third kappa shape index (κ3) is 5.85. The highest BCUT2D eigenvalue weighted by molar-refractivity contribution is 5.90. The summed E-state index contributed by atoms with van der Waals surface area (Å²) in [5.74, 6) is -0.752. The van der Waals surface area contributed by atoms with E-state index in [9.17, 15) is 9.59 Å². The molecule has 3 rings (SSSR count). The normalized spacial score (nSPS) is 13.6. The maximum absolute atomic E-state index is 13.0. The van der Waals surface area contributed by atoms with Crippen molar-refractivity contribution < 1.29 is 19.1 Å². The SMILES string of the molecule is CCCC(CC(CC)(OC(=O)c1ccccc1)c1ccccc1)OC(=O)c1ccccc1. The largest absolute Gasteiger partial charge is 0.459 e. The second-order valence-electron chi connectivity index (χ2n) is 7.86. The lowest BCUT2D eigenvalue weighted by Gasteiger charge is -2.36. The Balaban J connectivity index is 1.90. The molecule has 0 aliphatic heterocycles. The molecule has 0 spiro atoms. The zero-order chi connectivity index (χ0) is 22.8. The van der Waals surface area contributed by atoms with E-state index >= 15 is 0 Å². The zero-order valence-corrected chi connectivity index (χ0v) is 18.7. The molecule has 2 atom stereocenters. The molecule has 166 valence electrons. The van der Waals surface area contributed by atoms with Gasteiger partial charge in [-0.1, -0.05) is 87.0 Å². The Kier molecular flexibility index (Phi) is 8.20. The van der Waals surface area contributed by atoms with Crippen LogP contribution >= 0.6 is 0 Å². The van der Waals surface area contributed by atoms with Crippen LogP contribution in [0.3, 0.4) is 0 Å². The van der Waals surface area contributed by atoms with Crippen LogP contribution in [0.2, 0.25) is 0 Å². The summed E-state index contributed by atoms with van der Waals surface area (Å²) in [6.07, 6.45) is 2.07. The van der Waals surface area contributed by atoms with E-state index in [1.807, 2.05) is 73.7 Å². The Hall–Kier alpha value is -3.40. The molecule has 4 heteroatoms. The number of hydrogen-bond donors (Lipinski definition) is 0. The highest BCUT2D eigenvalue weighted by Gasteiger charge is 2.38. The number of esters is 2. The van der Waals surface area contributed by atoms with Crippen molar-refractivity contribution in [3.63, 3.8) is 0 Å². The minimum atomic E-state index is -0.912. The second-order valence-corrected chi connectivity index (χ2v) is 7.86. The van der Waals surface area contributed by atoms with E-state index in [-0.39, 0.29) is 11.9 Å². The van der Waals surface area contributed by atoms with Crippen LogP contribution < -0.4 is 0 Å². The number of ether oxygens (including phenoxy) is 2. The van der Waals surface area contributed by atoms with E-state index in [0.717, 1.165) is 12.0 Å². The molecule has 0 saturated carbocycles. The van der Waals surface area contributed by atoms with Crippen molar-refractivity contribution in [2.45, 2.75) is 51.2 Å². The van der Waals surface area contributed by atoms with Gasteiger partial charge in [-0.2, -0.15) is 0 Å². The smallest absolute Gasteiger partial charge is 0.339 e. The van der Waals surface area contributed by atoms with Crippen molar-refractivity contribution in [2.24, 2.45) is 0 Å². The van der Waals surface area contributed by atoms with Gasteiger partial charge < -0.3 is 9.47 Å². The molecule has 32 heavy (non-hydrogen) atoms. The van der Waals surface area contributed by atoms with E-state index in [4.69, 9.17) is 9.47 Å². The van der Waals surface area contributed by atoms with E-state index < -0.39 is 11.7 Å². The molecule has 0 aliphatic carbocycles. The highest BCUT2D eigenvalue weighted by atomic mass is 16.6. The molecule has 0 saturated heterocycles. The van der Waals surface area contributed by atoms with Crippen LogP contribution in [0.1, 0.15) is 65.8 Å². The third-order valence-electron chi connectivity index (χ3n) is 5.62. The summed E-state index contributed by atoms with van der Waals surface area (Å²) in [5.41, 5.74) is 0.986. The quantitative estimate of drug-likeness (QED) is 0.342. The summed E-state index contributed by atoms with van der Waals surface area (Å²) >= 11 is 0. The second kappa shape index (κ2) is 11.3. The average Bonchev–Trinajstić information content (AvgIpc) is 2.85. The lowest BCUT2D eigenvalue weighted by molar-refractivity contribution is -0.0562. The molecule has 0 heterocycles. The van der Waals surface area contributed by atoms with Crippen LogP contribution in [0, 0.1) is 0 Å². The molecule has 3 aromatic rings. The summed E-state index contributed by atoms with van der Waals surface area (Å²) < 4.78 is 12.1. The first-order valence-electron chi connectivity index (χ1n) is 11.2. The predicted octanol–water partition coefficient (Wildman–Crippen LogP) is 6.56. The fraction of sp³-hybridized carbons (Fsp3) is 0.286. The monoisotopic (exact) mass is 430 g/mol. The van der Waals surface area contributed by atoms with Gasteiger partial charge in [-0.15, -0.1) is 0 Å². The van der Waals surface area contributed by atoms with Crippen molar-refractivity contribution in [2.75, 3.05) is 0 Å². The van der Waals surface area contributed by atoms with Gasteiger partial charge in [0.05, 0.1) is 11.1 Å². The Morgan fingerprint density at radius 1 is 0.750 bits per heavy atom. The zero-order valence-electron chi connectivity index (χ0n) is 18.7. The summed E-state index contributed by atoms with van der Waals surface area (Å²) in [4.78, 5) is 25.8. The van der Waals surface area contributed by atoms with Gasteiger partial charge in [0.1, 0.15) is 11.7 Å². The van der Waals surface area contributed by atoms with Gasteiger partial charge in [0.15, 0.2) is 0 Å². The summed E-state index contributed by atoms with van der Waals surface area (Å²) in [7, 11) is 0. The van der Waals surface area contributed by atoms with E-state index in [2.05, 4.69) is 6.92 Å². The first-order chi connectivity index (χ1) is 15.6. The van der Waals surface area contributed by atoms with Crippen molar-refractivity contribution in [1.82, 2.24) is 0 Å². The maximum Gasteiger partial charge on any atom is 0.339 e. The third-order valence-corrected chi connectivity index (χ3v) is 5.62. The van der Waals surface area contributed by atoms with Crippen LogP contribution in [-0.4, -0.2) is 18.0 Å². The van der Waals surface area contributed by atoms with E-state index in [0.29, 0.717) is 30.4 Å². The number of hydrogen-bond acceptors (Lipinski definition) is 4. The van der Waals surface area contributed by atoms with Gasteiger partial charge in [-0.3, -0.25) is 0 Å². The van der Waals surface area contributed by atoms with E-state index in [1.165, 1.54) is 0 Å². The molecule has 0 amide bonds. The minimum absolute atomic E-state index is 0.364. The van der Waals surface area contributed by atoms with Crippen LogP contribution in [0.5, 0.6) is 0 Å².